The van der Waals surface area contributed by atoms with E-state index in [0.717, 1.165) is 4.88 Å². The maximum absolute atomic E-state index is 11.6. The minimum atomic E-state index is -0.410. The number of aryl methyl sites for hydroxylation is 1. The Bertz CT molecular complexity index is 557. The zero-order chi connectivity index (χ0) is 14.6. The number of nitrogens with zero attached hydrogens (tertiary/aromatic N) is 2. The van der Waals surface area contributed by atoms with E-state index in [1.807, 2.05) is 31.4 Å². The van der Waals surface area contributed by atoms with Crippen LogP contribution in [-0.2, 0) is 11.2 Å². The fourth-order valence-electron chi connectivity index (χ4n) is 1.50. The molecule has 2 rings (SSSR count). The highest BCUT2D eigenvalue weighted by molar-refractivity contribution is 7.13. The summed E-state index contributed by atoms with van der Waals surface area (Å²) in [5, 5.41) is 8.62. The van der Waals surface area contributed by atoms with E-state index in [4.69, 9.17) is 10.3 Å². The van der Waals surface area contributed by atoms with E-state index in [9.17, 15) is 4.79 Å². The molecule has 0 saturated heterocycles. The standard InChI is InChI=1S/C13H18N4O2S/c1-13(2,14)8-15-10(18)5-6-11-16-12(17-19-11)9-4-3-7-20-9/h3-4,7H,5-6,8,14H2,1-2H3,(H,15,18). The Hall–Kier alpha value is -1.73. The molecule has 0 atom stereocenters. The zero-order valence-electron chi connectivity index (χ0n) is 11.5. The first-order valence-corrected chi connectivity index (χ1v) is 7.24. The van der Waals surface area contributed by atoms with Gasteiger partial charge in [0, 0.05) is 24.9 Å². The number of rotatable bonds is 6. The molecule has 0 saturated carbocycles. The molecular formula is C13H18N4O2S. The number of hydrogen-bond donors (Lipinski definition) is 2. The van der Waals surface area contributed by atoms with Gasteiger partial charge in [0.25, 0.3) is 0 Å². The molecule has 0 bridgehead atoms. The summed E-state index contributed by atoms with van der Waals surface area (Å²) in [6, 6.07) is 3.85. The third-order valence-electron chi connectivity index (χ3n) is 2.52. The fraction of sp³-hybridized carbons (Fsp3) is 0.462. The van der Waals surface area contributed by atoms with Crippen LogP contribution in [0.5, 0.6) is 0 Å². The van der Waals surface area contributed by atoms with Crippen LogP contribution < -0.4 is 11.1 Å². The van der Waals surface area contributed by atoms with E-state index in [1.54, 1.807) is 11.3 Å². The van der Waals surface area contributed by atoms with Gasteiger partial charge < -0.3 is 15.6 Å². The quantitative estimate of drug-likeness (QED) is 0.843. The highest BCUT2D eigenvalue weighted by Crippen LogP contribution is 2.21. The maximum atomic E-state index is 11.6. The van der Waals surface area contributed by atoms with Crippen molar-refractivity contribution in [3.05, 3.63) is 23.4 Å². The molecule has 2 heterocycles. The van der Waals surface area contributed by atoms with E-state index >= 15 is 0 Å². The van der Waals surface area contributed by atoms with Crippen LogP contribution in [0.1, 0.15) is 26.2 Å². The lowest BCUT2D eigenvalue weighted by molar-refractivity contribution is -0.121. The molecule has 1 amide bonds. The lowest BCUT2D eigenvalue weighted by atomic mass is 10.1. The van der Waals surface area contributed by atoms with E-state index in [0.29, 0.717) is 31.1 Å². The number of thiophene rings is 1. The Morgan fingerprint density at radius 1 is 1.55 bits per heavy atom. The Balaban J connectivity index is 1.81. The molecule has 2 aromatic rings. The highest BCUT2D eigenvalue weighted by atomic mass is 32.1. The zero-order valence-corrected chi connectivity index (χ0v) is 12.4. The van der Waals surface area contributed by atoms with Crippen molar-refractivity contribution in [3.8, 4) is 10.7 Å². The van der Waals surface area contributed by atoms with Crippen molar-refractivity contribution >= 4 is 17.2 Å². The van der Waals surface area contributed by atoms with Crippen molar-refractivity contribution in [2.75, 3.05) is 6.54 Å². The van der Waals surface area contributed by atoms with Gasteiger partial charge in [0.15, 0.2) is 0 Å². The smallest absolute Gasteiger partial charge is 0.227 e. The number of carbonyl (C=O) groups is 1. The van der Waals surface area contributed by atoms with Gasteiger partial charge in [-0.15, -0.1) is 11.3 Å². The molecule has 6 nitrogen and oxygen atoms in total. The molecule has 0 aliphatic rings. The molecule has 0 aliphatic carbocycles. The first-order chi connectivity index (χ1) is 9.44. The Labute approximate surface area is 121 Å². The second kappa shape index (κ2) is 6.15. The molecule has 0 fully saturated rings. The van der Waals surface area contributed by atoms with Gasteiger partial charge in [-0.25, -0.2) is 0 Å². The van der Waals surface area contributed by atoms with E-state index in [-0.39, 0.29) is 5.91 Å². The third-order valence-corrected chi connectivity index (χ3v) is 3.38. The average Bonchev–Trinajstić information content (AvgIpc) is 3.03. The van der Waals surface area contributed by atoms with Gasteiger partial charge in [-0.3, -0.25) is 4.79 Å². The molecule has 0 unspecified atom stereocenters. The summed E-state index contributed by atoms with van der Waals surface area (Å²) in [6.45, 7) is 4.16. The van der Waals surface area contributed by atoms with Gasteiger partial charge in [-0.05, 0) is 25.3 Å². The number of amides is 1. The number of carbonyl (C=O) groups excluding carboxylic acids is 1. The van der Waals surface area contributed by atoms with Gasteiger partial charge in [0.1, 0.15) is 0 Å². The van der Waals surface area contributed by atoms with Gasteiger partial charge in [0.05, 0.1) is 4.88 Å². The summed E-state index contributed by atoms with van der Waals surface area (Å²) in [5.41, 5.74) is 5.38. The van der Waals surface area contributed by atoms with E-state index in [1.165, 1.54) is 0 Å². The summed E-state index contributed by atoms with van der Waals surface area (Å²) >= 11 is 1.55. The molecule has 0 spiro atoms. The molecule has 20 heavy (non-hydrogen) atoms. The number of hydrogen-bond acceptors (Lipinski definition) is 6. The predicted molar refractivity (Wildman–Crippen MR) is 77.2 cm³/mol. The number of nitrogens with two attached hydrogens (primary N) is 1. The van der Waals surface area contributed by atoms with E-state index < -0.39 is 5.54 Å². The van der Waals surface area contributed by atoms with Crippen molar-refractivity contribution in [1.82, 2.24) is 15.5 Å². The van der Waals surface area contributed by atoms with Crippen LogP contribution >= 0.6 is 11.3 Å². The highest BCUT2D eigenvalue weighted by Gasteiger charge is 2.14. The van der Waals surface area contributed by atoms with Crippen molar-refractivity contribution in [2.45, 2.75) is 32.2 Å². The van der Waals surface area contributed by atoms with Crippen molar-refractivity contribution in [2.24, 2.45) is 5.73 Å². The molecule has 0 aliphatic heterocycles. The van der Waals surface area contributed by atoms with Crippen LogP contribution in [-0.4, -0.2) is 28.1 Å². The molecule has 0 aromatic carbocycles. The van der Waals surface area contributed by atoms with Crippen molar-refractivity contribution < 1.29 is 9.32 Å². The molecule has 0 radical (unpaired) electrons. The summed E-state index contributed by atoms with van der Waals surface area (Å²) in [5.74, 6) is 0.966. The maximum Gasteiger partial charge on any atom is 0.227 e. The average molecular weight is 294 g/mol. The second-order valence-corrected chi connectivity index (χ2v) is 6.20. The molecule has 108 valence electrons. The number of nitrogens with one attached hydrogen (secondary N) is 1. The third kappa shape index (κ3) is 4.43. The summed E-state index contributed by atoms with van der Waals surface area (Å²) in [6.07, 6.45) is 0.733. The first kappa shape index (κ1) is 14.7. The predicted octanol–water partition coefficient (Wildman–Crippen LogP) is 1.58. The van der Waals surface area contributed by atoms with Crippen LogP contribution in [0.15, 0.2) is 22.0 Å². The van der Waals surface area contributed by atoms with Crippen LogP contribution in [0.4, 0.5) is 0 Å². The van der Waals surface area contributed by atoms with Crippen molar-refractivity contribution in [3.63, 3.8) is 0 Å². The Kier molecular flexibility index (Phi) is 4.51. The lowest BCUT2D eigenvalue weighted by Crippen LogP contribution is -2.45. The largest absolute Gasteiger partial charge is 0.354 e. The van der Waals surface area contributed by atoms with Gasteiger partial charge in [-0.2, -0.15) is 4.98 Å². The van der Waals surface area contributed by atoms with Gasteiger partial charge in [-0.1, -0.05) is 11.2 Å². The monoisotopic (exact) mass is 294 g/mol. The summed E-state index contributed by atoms with van der Waals surface area (Å²) in [7, 11) is 0. The first-order valence-electron chi connectivity index (χ1n) is 6.36. The Morgan fingerprint density at radius 3 is 3.00 bits per heavy atom. The van der Waals surface area contributed by atoms with Crippen LogP contribution in [0.3, 0.4) is 0 Å². The van der Waals surface area contributed by atoms with Crippen LogP contribution in [0, 0.1) is 0 Å². The summed E-state index contributed by atoms with van der Waals surface area (Å²) in [4.78, 5) is 16.9. The lowest BCUT2D eigenvalue weighted by Gasteiger charge is -2.18. The normalized spacial score (nSPS) is 11.6. The Morgan fingerprint density at radius 2 is 2.35 bits per heavy atom. The molecular weight excluding hydrogens is 276 g/mol. The molecule has 7 heteroatoms. The van der Waals surface area contributed by atoms with Gasteiger partial charge >= 0.3 is 0 Å². The topological polar surface area (TPSA) is 94.0 Å². The molecule has 3 N–H and O–H groups in total. The SMILES string of the molecule is CC(C)(N)CNC(=O)CCc1nc(-c2cccs2)no1. The fourth-order valence-corrected chi connectivity index (χ4v) is 2.15. The second-order valence-electron chi connectivity index (χ2n) is 5.25. The minimum absolute atomic E-state index is 0.0700. The molecule has 2 aromatic heterocycles. The van der Waals surface area contributed by atoms with E-state index in [2.05, 4.69) is 15.5 Å². The van der Waals surface area contributed by atoms with Crippen LogP contribution in [0.25, 0.3) is 10.7 Å². The van der Waals surface area contributed by atoms with Crippen LogP contribution in [0.2, 0.25) is 0 Å². The minimum Gasteiger partial charge on any atom is -0.354 e. The summed E-state index contributed by atoms with van der Waals surface area (Å²) < 4.78 is 5.13. The number of aromatic nitrogens is 2. The van der Waals surface area contributed by atoms with Crippen molar-refractivity contribution in [1.29, 1.82) is 0 Å². The van der Waals surface area contributed by atoms with Gasteiger partial charge in [0.2, 0.25) is 17.6 Å².